The Labute approximate surface area is 247 Å². The number of piperazine rings is 1. The van der Waals surface area contributed by atoms with Gasteiger partial charge >= 0.3 is 6.01 Å². The van der Waals surface area contributed by atoms with E-state index in [0.29, 0.717) is 48.2 Å². The topological polar surface area (TPSA) is 77.3 Å². The molecule has 3 aromatic carbocycles. The molecule has 0 aliphatic carbocycles. The highest BCUT2D eigenvalue weighted by molar-refractivity contribution is 6.03. The number of ether oxygens (including phenoxy) is 1. The fraction of sp³-hybridized carbons (Fsp3) is 0.424. The lowest BCUT2D eigenvalue weighted by Crippen LogP contribution is -2.51. The summed E-state index contributed by atoms with van der Waals surface area (Å²) in [4.78, 5) is 13.5. The molecule has 4 aliphatic heterocycles. The van der Waals surface area contributed by atoms with Crippen LogP contribution in [0.5, 0.6) is 6.01 Å². The largest absolute Gasteiger partial charge is 0.461 e. The zero-order valence-corrected chi connectivity index (χ0v) is 23.6. The number of nitrogens with zero attached hydrogens (tertiary/aromatic N) is 5. The second-order valence-electron chi connectivity index (χ2n) is 12.5. The van der Waals surface area contributed by atoms with Gasteiger partial charge in [0.15, 0.2) is 5.82 Å². The Hall–Kier alpha value is -3.94. The van der Waals surface area contributed by atoms with Crippen molar-refractivity contribution in [3.8, 4) is 23.2 Å². The molecule has 4 saturated heterocycles. The first-order valence-electron chi connectivity index (χ1n) is 15.1. The van der Waals surface area contributed by atoms with Crippen LogP contribution < -0.4 is 15.0 Å². The molecule has 4 fully saturated rings. The molecule has 0 spiro atoms. The van der Waals surface area contributed by atoms with Gasteiger partial charge in [-0.25, -0.2) is 13.2 Å². The number of benzene rings is 3. The van der Waals surface area contributed by atoms with Gasteiger partial charge in [0.25, 0.3) is 0 Å². The van der Waals surface area contributed by atoms with E-state index in [1.807, 2.05) is 12.1 Å². The molecule has 0 unspecified atom stereocenters. The summed E-state index contributed by atoms with van der Waals surface area (Å²) in [5.74, 6) is -1.14. The van der Waals surface area contributed by atoms with E-state index in [9.17, 15) is 9.65 Å². The van der Waals surface area contributed by atoms with E-state index in [1.54, 1.807) is 24.3 Å². The van der Waals surface area contributed by atoms with Crippen molar-refractivity contribution in [2.75, 3.05) is 37.7 Å². The van der Waals surface area contributed by atoms with Crippen molar-refractivity contribution in [2.24, 2.45) is 0 Å². The smallest absolute Gasteiger partial charge is 0.319 e. The molecule has 4 atom stereocenters. The van der Waals surface area contributed by atoms with Gasteiger partial charge in [-0.05, 0) is 55.3 Å². The molecule has 220 valence electrons. The molecule has 43 heavy (non-hydrogen) atoms. The molecule has 5 heterocycles. The third-order valence-corrected chi connectivity index (χ3v) is 9.88. The van der Waals surface area contributed by atoms with Crippen molar-refractivity contribution < 1.29 is 17.9 Å². The molecule has 8 rings (SSSR count). The molecule has 0 radical (unpaired) electrons. The summed E-state index contributed by atoms with van der Waals surface area (Å²) < 4.78 is 53.5. The minimum atomic E-state index is -0.907. The normalized spacial score (nSPS) is 26.7. The Bertz CT molecular complexity index is 1790. The van der Waals surface area contributed by atoms with E-state index in [-0.39, 0.29) is 46.7 Å². The number of hydrogen-bond acceptors (Lipinski definition) is 7. The van der Waals surface area contributed by atoms with Crippen molar-refractivity contribution in [1.82, 2.24) is 20.2 Å². The molecule has 1 N–H and O–H groups in total. The van der Waals surface area contributed by atoms with Crippen LogP contribution in [0.1, 0.15) is 37.7 Å². The van der Waals surface area contributed by atoms with E-state index < -0.39 is 23.3 Å². The van der Waals surface area contributed by atoms with E-state index in [0.717, 1.165) is 32.2 Å². The number of fused-ring (bicyclic) bond motifs is 5. The van der Waals surface area contributed by atoms with Crippen LogP contribution in [0.3, 0.4) is 0 Å². The van der Waals surface area contributed by atoms with Crippen molar-refractivity contribution in [3.05, 3.63) is 59.7 Å². The lowest BCUT2D eigenvalue weighted by atomic mass is 9.93. The highest BCUT2D eigenvalue weighted by Gasteiger charge is 2.49. The van der Waals surface area contributed by atoms with Crippen LogP contribution in [0.2, 0.25) is 0 Å². The molecular weight excluding hydrogens is 553 g/mol. The summed E-state index contributed by atoms with van der Waals surface area (Å²) in [6, 6.07) is 14.4. The average Bonchev–Trinajstić information content (AvgIpc) is 3.65. The highest BCUT2D eigenvalue weighted by atomic mass is 19.1. The maximum absolute atomic E-state index is 16.7. The Balaban J connectivity index is 1.28. The number of anilines is 1. The number of halogens is 3. The Morgan fingerprint density at radius 2 is 1.86 bits per heavy atom. The second kappa shape index (κ2) is 10.1. The Morgan fingerprint density at radius 1 is 1.07 bits per heavy atom. The van der Waals surface area contributed by atoms with E-state index >= 15 is 8.78 Å². The van der Waals surface area contributed by atoms with Crippen LogP contribution in [0.15, 0.2) is 42.5 Å². The van der Waals surface area contributed by atoms with Crippen molar-refractivity contribution in [3.63, 3.8) is 0 Å². The van der Waals surface area contributed by atoms with Gasteiger partial charge in [-0.15, -0.1) is 0 Å². The van der Waals surface area contributed by atoms with Gasteiger partial charge in [0.05, 0.1) is 22.7 Å². The van der Waals surface area contributed by atoms with Crippen molar-refractivity contribution in [1.29, 1.82) is 5.26 Å². The molecule has 1 aromatic heterocycles. The van der Waals surface area contributed by atoms with Crippen molar-refractivity contribution in [2.45, 2.75) is 55.9 Å². The van der Waals surface area contributed by atoms with Crippen LogP contribution >= 0.6 is 0 Å². The minimum absolute atomic E-state index is 0.00371. The predicted molar refractivity (Wildman–Crippen MR) is 158 cm³/mol. The van der Waals surface area contributed by atoms with Crippen LogP contribution in [0, 0.1) is 23.0 Å². The monoisotopic (exact) mass is 584 g/mol. The van der Waals surface area contributed by atoms with Crippen molar-refractivity contribution >= 4 is 27.5 Å². The number of hydrogen-bond donors (Lipinski definition) is 1. The van der Waals surface area contributed by atoms with Crippen LogP contribution in [0.25, 0.3) is 32.8 Å². The number of rotatable bonds is 5. The number of nitrogens with one attached hydrogen (secondary N) is 1. The summed E-state index contributed by atoms with van der Waals surface area (Å²) >= 11 is 0. The number of alkyl halides is 1. The predicted octanol–water partition coefficient (Wildman–Crippen LogP) is 5.50. The molecule has 2 bridgehead atoms. The summed E-state index contributed by atoms with van der Waals surface area (Å²) in [6.45, 7) is 2.73. The third kappa shape index (κ3) is 4.32. The standard InChI is InChI=1S/C33H31F3N6O/c34-21-13-33(10-3-11-42(33)15-21)18-43-32-39-30-25(31(40-32)41-16-22-8-9-23(17-41)38-22)12-26(35)28(29(30)36)24-7-2-5-19-4-1-6-20(14-37)27(19)24/h1-2,4-7,12,21-23,38H,3,8-11,13,15-18H2/t21-,22-,23+,33+/m1/s1. The first kappa shape index (κ1) is 26.7. The summed E-state index contributed by atoms with van der Waals surface area (Å²) in [7, 11) is 0. The van der Waals surface area contributed by atoms with E-state index in [2.05, 4.69) is 26.2 Å². The fourth-order valence-corrected chi connectivity index (χ4v) is 7.97. The molecule has 0 amide bonds. The fourth-order valence-electron chi connectivity index (χ4n) is 7.97. The van der Waals surface area contributed by atoms with Gasteiger partial charge in [-0.2, -0.15) is 15.2 Å². The second-order valence-corrected chi connectivity index (χ2v) is 12.5. The molecular formula is C33H31F3N6O. The molecule has 4 aliphatic rings. The third-order valence-electron chi connectivity index (χ3n) is 9.88. The zero-order chi connectivity index (χ0) is 29.3. The van der Waals surface area contributed by atoms with Crippen LogP contribution in [-0.4, -0.2) is 71.4 Å². The Kier molecular flexibility index (Phi) is 6.24. The van der Waals surface area contributed by atoms with E-state index in [1.165, 1.54) is 6.07 Å². The summed E-state index contributed by atoms with van der Waals surface area (Å²) in [6.07, 6.45) is 3.34. The van der Waals surface area contributed by atoms with Gasteiger partial charge in [0.2, 0.25) is 0 Å². The van der Waals surface area contributed by atoms with E-state index in [4.69, 9.17) is 9.72 Å². The average molecular weight is 585 g/mol. The molecule has 7 nitrogen and oxygen atoms in total. The van der Waals surface area contributed by atoms with Gasteiger partial charge in [0, 0.05) is 48.9 Å². The van der Waals surface area contributed by atoms with Gasteiger partial charge in [-0.3, -0.25) is 4.90 Å². The quantitative estimate of drug-likeness (QED) is 0.332. The lowest BCUT2D eigenvalue weighted by Gasteiger charge is -2.34. The Morgan fingerprint density at radius 3 is 2.65 bits per heavy atom. The molecule has 0 saturated carbocycles. The SMILES string of the molecule is N#Cc1cccc2cccc(-c3c(F)cc4c(N5C[C@H]6CC[C@@H](C5)N6)nc(OC[C@@]56CCCN5C[C@H](F)C6)nc4c3F)c12. The summed E-state index contributed by atoms with van der Waals surface area (Å²) in [5.41, 5.74) is -0.0822. The zero-order valence-electron chi connectivity index (χ0n) is 23.6. The van der Waals surface area contributed by atoms with Crippen LogP contribution in [0.4, 0.5) is 19.0 Å². The van der Waals surface area contributed by atoms with Gasteiger partial charge in [0.1, 0.15) is 29.9 Å². The van der Waals surface area contributed by atoms with Gasteiger partial charge in [-0.1, -0.05) is 30.3 Å². The number of aromatic nitrogens is 2. The maximum atomic E-state index is 16.7. The minimum Gasteiger partial charge on any atom is -0.461 e. The first-order chi connectivity index (χ1) is 20.9. The highest BCUT2D eigenvalue weighted by Crippen LogP contribution is 2.42. The summed E-state index contributed by atoms with van der Waals surface area (Å²) in [5, 5.41) is 14.9. The number of nitriles is 1. The molecule has 10 heteroatoms. The maximum Gasteiger partial charge on any atom is 0.319 e. The molecule has 4 aromatic rings. The van der Waals surface area contributed by atoms with Crippen LogP contribution in [-0.2, 0) is 0 Å². The first-order valence-corrected chi connectivity index (χ1v) is 15.1. The van der Waals surface area contributed by atoms with Gasteiger partial charge < -0.3 is 15.0 Å². The lowest BCUT2D eigenvalue weighted by molar-refractivity contribution is 0.107.